The molecule has 2 aromatic carbocycles. The summed E-state index contributed by atoms with van der Waals surface area (Å²) in [6.45, 7) is 0. The topological polar surface area (TPSA) is 39.4 Å². The number of fused-ring (bicyclic) bond motifs is 1. The Morgan fingerprint density at radius 2 is 2.00 bits per heavy atom. The number of para-hydroxylation sites is 1. The van der Waals surface area contributed by atoms with Crippen LogP contribution in [-0.4, -0.2) is 12.9 Å². The van der Waals surface area contributed by atoms with Crippen LogP contribution < -0.4 is 4.74 Å². The highest BCUT2D eigenvalue weighted by Crippen LogP contribution is 2.25. The summed E-state index contributed by atoms with van der Waals surface area (Å²) in [7, 11) is 1.40. The number of carbonyl (C=O) groups excluding carboxylic acids is 1. The number of rotatable bonds is 4. The largest absolute Gasteiger partial charge is 0.494 e. The molecular formula is C17H13FO3. The Balaban J connectivity index is 1.94. The molecule has 3 aromatic rings. The molecule has 0 saturated carbocycles. The van der Waals surface area contributed by atoms with E-state index in [0.717, 1.165) is 5.39 Å². The number of ketones is 1. The van der Waals surface area contributed by atoms with Gasteiger partial charge < -0.3 is 9.15 Å². The number of furan rings is 1. The fourth-order valence-electron chi connectivity index (χ4n) is 2.31. The normalized spacial score (nSPS) is 10.8. The van der Waals surface area contributed by atoms with Crippen molar-refractivity contribution in [3.8, 4) is 5.75 Å². The van der Waals surface area contributed by atoms with E-state index < -0.39 is 5.82 Å². The quantitative estimate of drug-likeness (QED) is 0.680. The molecule has 0 aliphatic carbocycles. The lowest BCUT2D eigenvalue weighted by Crippen LogP contribution is -2.05. The first kappa shape index (κ1) is 13.4. The van der Waals surface area contributed by atoms with Crippen molar-refractivity contribution in [3.63, 3.8) is 0 Å². The van der Waals surface area contributed by atoms with Crippen LogP contribution in [0.3, 0.4) is 0 Å². The van der Waals surface area contributed by atoms with Crippen LogP contribution in [0.1, 0.15) is 15.9 Å². The van der Waals surface area contributed by atoms with Crippen molar-refractivity contribution in [1.82, 2.24) is 0 Å². The summed E-state index contributed by atoms with van der Waals surface area (Å²) in [5, 5.41) is 0.741. The van der Waals surface area contributed by atoms with Gasteiger partial charge in [-0.3, -0.25) is 4.79 Å². The summed E-state index contributed by atoms with van der Waals surface area (Å²) in [5.41, 5.74) is 1.42. The van der Waals surface area contributed by atoms with Gasteiger partial charge in [-0.15, -0.1) is 0 Å². The zero-order chi connectivity index (χ0) is 14.8. The molecule has 0 aliphatic rings. The van der Waals surface area contributed by atoms with Gasteiger partial charge >= 0.3 is 0 Å². The molecule has 0 bridgehead atoms. The van der Waals surface area contributed by atoms with E-state index in [-0.39, 0.29) is 18.0 Å². The van der Waals surface area contributed by atoms with Crippen LogP contribution in [0, 0.1) is 5.82 Å². The van der Waals surface area contributed by atoms with Crippen LogP contribution in [0.4, 0.5) is 4.39 Å². The maximum Gasteiger partial charge on any atom is 0.171 e. The van der Waals surface area contributed by atoms with Crippen LogP contribution in [0.15, 0.2) is 53.1 Å². The van der Waals surface area contributed by atoms with Gasteiger partial charge in [0.25, 0.3) is 0 Å². The molecule has 0 unspecified atom stereocenters. The number of ether oxygens (including phenoxy) is 1. The molecule has 3 rings (SSSR count). The molecule has 0 fully saturated rings. The van der Waals surface area contributed by atoms with Gasteiger partial charge in [0, 0.05) is 11.8 Å². The Morgan fingerprint density at radius 3 is 2.81 bits per heavy atom. The molecule has 1 heterocycles. The van der Waals surface area contributed by atoms with E-state index in [1.54, 1.807) is 18.2 Å². The number of Topliss-reactive ketones (excluding diaryl/α,β-unsaturated/α-hetero) is 1. The highest BCUT2D eigenvalue weighted by atomic mass is 19.1. The van der Waals surface area contributed by atoms with Gasteiger partial charge in [0.2, 0.25) is 0 Å². The van der Waals surface area contributed by atoms with E-state index in [0.29, 0.717) is 16.7 Å². The van der Waals surface area contributed by atoms with Gasteiger partial charge in [0.15, 0.2) is 17.3 Å². The van der Waals surface area contributed by atoms with Gasteiger partial charge in [-0.05, 0) is 17.7 Å². The average molecular weight is 284 g/mol. The minimum absolute atomic E-state index is 0.0352. The molecule has 0 spiro atoms. The second-order valence-corrected chi connectivity index (χ2v) is 4.68. The number of carbonyl (C=O) groups is 1. The maximum atomic E-state index is 14.1. The van der Waals surface area contributed by atoms with Crippen LogP contribution >= 0.6 is 0 Å². The molecule has 106 valence electrons. The smallest absolute Gasteiger partial charge is 0.171 e. The second-order valence-electron chi connectivity index (χ2n) is 4.68. The van der Waals surface area contributed by atoms with Crippen molar-refractivity contribution in [2.75, 3.05) is 7.11 Å². The van der Waals surface area contributed by atoms with E-state index in [1.807, 2.05) is 18.2 Å². The fraction of sp³-hybridized carbons (Fsp3) is 0.118. The molecule has 21 heavy (non-hydrogen) atoms. The fourth-order valence-corrected chi connectivity index (χ4v) is 2.31. The number of benzene rings is 2. The van der Waals surface area contributed by atoms with E-state index in [1.165, 1.54) is 19.4 Å². The first-order chi connectivity index (χ1) is 10.2. The summed E-state index contributed by atoms with van der Waals surface area (Å²) in [5.74, 6) is -0.550. The lowest BCUT2D eigenvalue weighted by Gasteiger charge is -2.06. The zero-order valence-electron chi connectivity index (χ0n) is 11.4. The lowest BCUT2D eigenvalue weighted by atomic mass is 10.0. The summed E-state index contributed by atoms with van der Waals surface area (Å²) in [6, 6.07) is 12.0. The van der Waals surface area contributed by atoms with Gasteiger partial charge in [-0.1, -0.05) is 30.3 Å². The molecule has 3 nitrogen and oxygen atoms in total. The standard InChI is InChI=1S/C17H13FO3/c1-20-16-8-4-5-11(17(16)18)9-14(19)13-10-21-15-7-3-2-6-12(13)15/h2-8,10H,9H2,1H3. The summed E-state index contributed by atoms with van der Waals surface area (Å²) < 4.78 is 24.4. The monoisotopic (exact) mass is 284 g/mol. The minimum atomic E-state index is -0.499. The molecule has 4 heteroatoms. The van der Waals surface area contributed by atoms with E-state index in [2.05, 4.69) is 0 Å². The Bertz CT molecular complexity index is 805. The first-order valence-corrected chi connectivity index (χ1v) is 6.51. The number of halogens is 1. The van der Waals surface area contributed by atoms with Gasteiger partial charge in [0.1, 0.15) is 11.8 Å². The SMILES string of the molecule is COc1cccc(CC(=O)c2coc3ccccc23)c1F. The number of hydrogen-bond acceptors (Lipinski definition) is 3. The molecule has 0 saturated heterocycles. The third-order valence-corrected chi connectivity index (χ3v) is 3.40. The van der Waals surface area contributed by atoms with Gasteiger partial charge in [0.05, 0.1) is 12.7 Å². The van der Waals surface area contributed by atoms with Crippen LogP contribution in [0.25, 0.3) is 11.0 Å². The van der Waals surface area contributed by atoms with Gasteiger partial charge in [-0.2, -0.15) is 0 Å². The van der Waals surface area contributed by atoms with Crippen LogP contribution in [-0.2, 0) is 6.42 Å². The Hall–Kier alpha value is -2.62. The summed E-state index contributed by atoms with van der Waals surface area (Å²) in [6.07, 6.45) is 1.39. The third-order valence-electron chi connectivity index (χ3n) is 3.40. The molecule has 0 amide bonds. The number of hydrogen-bond donors (Lipinski definition) is 0. The van der Waals surface area contributed by atoms with Crippen molar-refractivity contribution in [3.05, 3.63) is 65.7 Å². The van der Waals surface area contributed by atoms with Crippen molar-refractivity contribution in [1.29, 1.82) is 0 Å². The Kier molecular flexibility index (Phi) is 3.44. The highest BCUT2D eigenvalue weighted by Gasteiger charge is 2.17. The predicted octanol–water partition coefficient (Wildman–Crippen LogP) is 4.01. The van der Waals surface area contributed by atoms with E-state index in [9.17, 15) is 9.18 Å². The average Bonchev–Trinajstić information content (AvgIpc) is 2.93. The first-order valence-electron chi connectivity index (χ1n) is 6.51. The van der Waals surface area contributed by atoms with Crippen molar-refractivity contribution < 1.29 is 18.3 Å². The Morgan fingerprint density at radius 1 is 1.19 bits per heavy atom. The van der Waals surface area contributed by atoms with Gasteiger partial charge in [-0.25, -0.2) is 4.39 Å². The maximum absolute atomic E-state index is 14.1. The molecule has 0 N–H and O–H groups in total. The minimum Gasteiger partial charge on any atom is -0.494 e. The molecule has 0 radical (unpaired) electrons. The molecular weight excluding hydrogens is 271 g/mol. The number of methoxy groups -OCH3 is 1. The second kappa shape index (κ2) is 5.40. The molecule has 0 atom stereocenters. The van der Waals surface area contributed by atoms with Crippen LogP contribution in [0.2, 0.25) is 0 Å². The molecule has 0 aliphatic heterocycles. The van der Waals surface area contributed by atoms with E-state index in [4.69, 9.17) is 9.15 Å². The third kappa shape index (κ3) is 2.40. The highest BCUT2D eigenvalue weighted by molar-refractivity contribution is 6.07. The molecule has 1 aromatic heterocycles. The Labute approximate surface area is 120 Å². The van der Waals surface area contributed by atoms with Crippen molar-refractivity contribution in [2.24, 2.45) is 0 Å². The van der Waals surface area contributed by atoms with Crippen LogP contribution in [0.5, 0.6) is 5.75 Å². The van der Waals surface area contributed by atoms with Crippen molar-refractivity contribution >= 4 is 16.8 Å². The predicted molar refractivity (Wildman–Crippen MR) is 77.2 cm³/mol. The summed E-state index contributed by atoms with van der Waals surface area (Å²) in [4.78, 5) is 12.4. The zero-order valence-corrected chi connectivity index (χ0v) is 11.4. The van der Waals surface area contributed by atoms with Crippen molar-refractivity contribution in [2.45, 2.75) is 6.42 Å². The summed E-state index contributed by atoms with van der Waals surface area (Å²) >= 11 is 0. The van der Waals surface area contributed by atoms with E-state index >= 15 is 0 Å². The lowest BCUT2D eigenvalue weighted by molar-refractivity contribution is 0.0992.